The van der Waals surface area contributed by atoms with Gasteiger partial charge in [-0.05, 0) is 43.9 Å². The molecule has 0 unspecified atom stereocenters. The number of fused-ring (bicyclic) bond motifs is 1. The van der Waals surface area contributed by atoms with Gasteiger partial charge in [0.1, 0.15) is 0 Å². The number of nitrogens with zero attached hydrogens (tertiary/aromatic N) is 1. The number of hydrogen-bond donors (Lipinski definition) is 2. The maximum Gasteiger partial charge on any atom is 0.319 e. The zero-order valence-corrected chi connectivity index (χ0v) is 13.1. The van der Waals surface area contributed by atoms with Gasteiger partial charge in [0, 0.05) is 12.2 Å². The van der Waals surface area contributed by atoms with Gasteiger partial charge in [0.05, 0.1) is 15.2 Å². The van der Waals surface area contributed by atoms with E-state index in [1.807, 2.05) is 25.1 Å². The number of benzene rings is 1. The van der Waals surface area contributed by atoms with Crippen LogP contribution in [0.25, 0.3) is 10.2 Å². The van der Waals surface area contributed by atoms with Gasteiger partial charge in [-0.1, -0.05) is 19.3 Å². The van der Waals surface area contributed by atoms with E-state index in [2.05, 4.69) is 15.6 Å². The molecule has 2 aromatic rings. The summed E-state index contributed by atoms with van der Waals surface area (Å²) in [5.41, 5.74) is 1.75. The van der Waals surface area contributed by atoms with Gasteiger partial charge in [0.25, 0.3) is 0 Å². The van der Waals surface area contributed by atoms with E-state index in [9.17, 15) is 4.79 Å². The highest BCUT2D eigenvalue weighted by molar-refractivity contribution is 7.18. The number of rotatable bonds is 3. The second-order valence-electron chi connectivity index (χ2n) is 5.75. The van der Waals surface area contributed by atoms with Crippen LogP contribution >= 0.6 is 11.3 Å². The van der Waals surface area contributed by atoms with Crippen molar-refractivity contribution in [1.29, 1.82) is 0 Å². The third-order valence-electron chi connectivity index (χ3n) is 4.03. The van der Waals surface area contributed by atoms with E-state index in [-0.39, 0.29) is 6.03 Å². The molecule has 1 aromatic heterocycles. The first kappa shape index (κ1) is 14.3. The summed E-state index contributed by atoms with van der Waals surface area (Å²) in [7, 11) is 0. The summed E-state index contributed by atoms with van der Waals surface area (Å²) >= 11 is 1.67. The molecule has 0 saturated heterocycles. The van der Waals surface area contributed by atoms with Crippen LogP contribution in [-0.2, 0) is 0 Å². The average Bonchev–Trinajstić information content (AvgIpc) is 2.85. The lowest BCUT2D eigenvalue weighted by molar-refractivity contribution is 0.247. The van der Waals surface area contributed by atoms with Crippen molar-refractivity contribution >= 4 is 33.3 Å². The number of aromatic nitrogens is 1. The van der Waals surface area contributed by atoms with Gasteiger partial charge in [-0.15, -0.1) is 11.3 Å². The van der Waals surface area contributed by atoms with Gasteiger partial charge in [-0.25, -0.2) is 9.78 Å². The summed E-state index contributed by atoms with van der Waals surface area (Å²) in [4.78, 5) is 16.4. The molecule has 4 nitrogen and oxygen atoms in total. The van der Waals surface area contributed by atoms with Crippen LogP contribution in [0.15, 0.2) is 18.2 Å². The summed E-state index contributed by atoms with van der Waals surface area (Å²) < 4.78 is 1.15. The lowest BCUT2D eigenvalue weighted by atomic mass is 9.89. The van der Waals surface area contributed by atoms with Crippen molar-refractivity contribution in [2.75, 3.05) is 11.9 Å². The van der Waals surface area contributed by atoms with Crippen LogP contribution in [0.2, 0.25) is 0 Å². The second kappa shape index (κ2) is 6.43. The van der Waals surface area contributed by atoms with Crippen LogP contribution in [0.1, 0.15) is 37.1 Å². The van der Waals surface area contributed by atoms with Crippen LogP contribution in [0.5, 0.6) is 0 Å². The minimum atomic E-state index is -0.119. The SMILES string of the molecule is Cc1nc2cc(NC(=O)NCC3CCCCC3)ccc2s1. The molecule has 1 heterocycles. The zero-order chi connectivity index (χ0) is 14.7. The van der Waals surface area contributed by atoms with Gasteiger partial charge in [-0.2, -0.15) is 0 Å². The van der Waals surface area contributed by atoms with Gasteiger partial charge in [-0.3, -0.25) is 0 Å². The summed E-state index contributed by atoms with van der Waals surface area (Å²) in [6.07, 6.45) is 6.42. The van der Waals surface area contributed by atoms with Gasteiger partial charge in [0.15, 0.2) is 0 Å². The van der Waals surface area contributed by atoms with Crippen molar-refractivity contribution in [2.24, 2.45) is 5.92 Å². The Hall–Kier alpha value is -1.62. The molecule has 1 aliphatic rings. The van der Waals surface area contributed by atoms with Crippen molar-refractivity contribution in [1.82, 2.24) is 10.3 Å². The van der Waals surface area contributed by atoms with Crippen molar-refractivity contribution < 1.29 is 4.79 Å². The van der Waals surface area contributed by atoms with Crippen LogP contribution in [0, 0.1) is 12.8 Å². The van der Waals surface area contributed by atoms with Crippen LogP contribution in [0.4, 0.5) is 10.5 Å². The molecular weight excluding hydrogens is 282 g/mol. The average molecular weight is 303 g/mol. The Labute approximate surface area is 129 Å². The van der Waals surface area contributed by atoms with E-state index in [1.165, 1.54) is 32.1 Å². The highest BCUT2D eigenvalue weighted by Gasteiger charge is 2.14. The molecule has 112 valence electrons. The fourth-order valence-electron chi connectivity index (χ4n) is 2.92. The maximum atomic E-state index is 12.0. The Morgan fingerprint density at radius 1 is 1.33 bits per heavy atom. The number of urea groups is 1. The zero-order valence-electron chi connectivity index (χ0n) is 12.3. The smallest absolute Gasteiger partial charge is 0.319 e. The van der Waals surface area contributed by atoms with Crippen molar-refractivity contribution in [3.8, 4) is 0 Å². The summed E-state index contributed by atoms with van der Waals surface area (Å²) in [6.45, 7) is 2.78. The van der Waals surface area contributed by atoms with Gasteiger partial charge < -0.3 is 10.6 Å². The molecule has 1 saturated carbocycles. The quantitative estimate of drug-likeness (QED) is 0.888. The van der Waals surface area contributed by atoms with Crippen LogP contribution < -0.4 is 10.6 Å². The molecule has 0 aliphatic heterocycles. The number of thiazole rings is 1. The first-order chi connectivity index (χ1) is 10.2. The molecule has 0 atom stereocenters. The number of anilines is 1. The molecule has 0 spiro atoms. The Morgan fingerprint density at radius 2 is 2.14 bits per heavy atom. The Morgan fingerprint density at radius 3 is 2.95 bits per heavy atom. The molecule has 0 bridgehead atoms. The fraction of sp³-hybridized carbons (Fsp3) is 0.500. The predicted octanol–water partition coefficient (Wildman–Crippen LogP) is 4.31. The number of amides is 2. The Bertz CT molecular complexity index is 631. The molecule has 5 heteroatoms. The highest BCUT2D eigenvalue weighted by atomic mass is 32.1. The summed E-state index contributed by atoms with van der Waals surface area (Å²) in [6, 6.07) is 5.75. The number of hydrogen-bond acceptors (Lipinski definition) is 3. The third-order valence-corrected chi connectivity index (χ3v) is 4.98. The molecule has 1 aliphatic carbocycles. The van der Waals surface area contributed by atoms with E-state index < -0.39 is 0 Å². The molecule has 21 heavy (non-hydrogen) atoms. The topological polar surface area (TPSA) is 54.0 Å². The second-order valence-corrected chi connectivity index (χ2v) is 6.99. The normalized spacial score (nSPS) is 16.0. The summed E-state index contributed by atoms with van der Waals surface area (Å²) in [5, 5.41) is 6.93. The number of carbonyl (C=O) groups is 1. The maximum absolute atomic E-state index is 12.0. The summed E-state index contributed by atoms with van der Waals surface area (Å²) in [5.74, 6) is 0.646. The Kier molecular flexibility index (Phi) is 4.39. The molecule has 2 amide bonds. The highest BCUT2D eigenvalue weighted by Crippen LogP contribution is 2.25. The number of nitrogens with one attached hydrogen (secondary N) is 2. The molecular formula is C16H21N3OS. The van der Waals surface area contributed by atoms with Crippen molar-refractivity contribution in [3.05, 3.63) is 23.2 Å². The minimum Gasteiger partial charge on any atom is -0.338 e. The predicted molar refractivity (Wildman–Crippen MR) is 88.0 cm³/mol. The molecule has 0 radical (unpaired) electrons. The largest absolute Gasteiger partial charge is 0.338 e. The third kappa shape index (κ3) is 3.73. The van der Waals surface area contributed by atoms with Crippen LogP contribution in [0.3, 0.4) is 0 Å². The lowest BCUT2D eigenvalue weighted by Gasteiger charge is -2.21. The van der Waals surface area contributed by atoms with Crippen molar-refractivity contribution in [2.45, 2.75) is 39.0 Å². The van der Waals surface area contributed by atoms with E-state index in [0.717, 1.165) is 27.5 Å². The minimum absolute atomic E-state index is 0.119. The van der Waals surface area contributed by atoms with Crippen LogP contribution in [-0.4, -0.2) is 17.6 Å². The van der Waals surface area contributed by atoms with E-state index in [1.54, 1.807) is 11.3 Å². The molecule has 3 rings (SSSR count). The first-order valence-electron chi connectivity index (χ1n) is 7.63. The fourth-order valence-corrected chi connectivity index (χ4v) is 3.73. The standard InChI is InChI=1S/C16H21N3OS/c1-11-18-14-9-13(7-8-15(14)21-11)19-16(20)17-10-12-5-3-2-4-6-12/h7-9,12H,2-6,10H2,1H3,(H2,17,19,20). The monoisotopic (exact) mass is 303 g/mol. The van der Waals surface area contributed by atoms with E-state index >= 15 is 0 Å². The van der Waals surface area contributed by atoms with E-state index in [4.69, 9.17) is 0 Å². The van der Waals surface area contributed by atoms with E-state index in [0.29, 0.717) is 5.92 Å². The molecule has 1 fully saturated rings. The van der Waals surface area contributed by atoms with Gasteiger partial charge >= 0.3 is 6.03 Å². The lowest BCUT2D eigenvalue weighted by Crippen LogP contribution is -2.33. The van der Waals surface area contributed by atoms with Gasteiger partial charge in [0.2, 0.25) is 0 Å². The first-order valence-corrected chi connectivity index (χ1v) is 8.44. The number of carbonyl (C=O) groups excluding carboxylic acids is 1. The molecule has 2 N–H and O–H groups in total. The Balaban J connectivity index is 1.55. The molecule has 1 aromatic carbocycles. The van der Waals surface area contributed by atoms with Crippen molar-refractivity contribution in [3.63, 3.8) is 0 Å². The number of aryl methyl sites for hydroxylation is 1.